The molecule has 0 saturated carbocycles. The molecule has 0 unspecified atom stereocenters. The van der Waals surface area contributed by atoms with E-state index >= 15 is 0 Å². The summed E-state index contributed by atoms with van der Waals surface area (Å²) in [6, 6.07) is 15.2. The first kappa shape index (κ1) is 21.4. The number of carboxylic acids is 1. The Hall–Kier alpha value is -2.81. The van der Waals surface area contributed by atoms with E-state index in [2.05, 4.69) is 15.9 Å². The molecular formula is C22H13BrClNO5S. The second-order valence-corrected chi connectivity index (χ2v) is 8.82. The largest absolute Gasteiger partial charge is 0.478 e. The fourth-order valence-corrected chi connectivity index (χ4v) is 4.42. The Morgan fingerprint density at radius 3 is 2.68 bits per heavy atom. The molecule has 0 bridgehead atoms. The molecule has 9 heteroatoms. The van der Waals surface area contributed by atoms with Crippen LogP contribution in [0.1, 0.15) is 21.7 Å². The highest BCUT2D eigenvalue weighted by Crippen LogP contribution is 2.35. The smallest absolute Gasteiger partial charge is 0.337 e. The van der Waals surface area contributed by atoms with Gasteiger partial charge in [0.15, 0.2) is 0 Å². The minimum absolute atomic E-state index is 0.0368. The van der Waals surface area contributed by atoms with Gasteiger partial charge in [0.05, 0.1) is 22.0 Å². The number of thioether (sulfide) groups is 1. The molecule has 4 rings (SSSR count). The van der Waals surface area contributed by atoms with Crippen LogP contribution in [0.5, 0.6) is 0 Å². The van der Waals surface area contributed by atoms with E-state index in [0.717, 1.165) is 21.8 Å². The number of aromatic carboxylic acids is 1. The zero-order chi connectivity index (χ0) is 22.1. The van der Waals surface area contributed by atoms with Gasteiger partial charge in [-0.3, -0.25) is 14.5 Å². The van der Waals surface area contributed by atoms with Gasteiger partial charge in [0.1, 0.15) is 11.5 Å². The molecule has 0 atom stereocenters. The van der Waals surface area contributed by atoms with Gasteiger partial charge in [0.25, 0.3) is 11.1 Å². The lowest BCUT2D eigenvalue weighted by molar-refractivity contribution is -0.123. The zero-order valence-electron chi connectivity index (χ0n) is 15.7. The Bertz CT molecular complexity index is 1250. The molecule has 1 aliphatic rings. The van der Waals surface area contributed by atoms with Crippen molar-refractivity contribution in [2.24, 2.45) is 0 Å². The lowest BCUT2D eigenvalue weighted by Gasteiger charge is -2.13. The highest BCUT2D eigenvalue weighted by molar-refractivity contribution is 9.10. The molecule has 1 aromatic heterocycles. The summed E-state index contributed by atoms with van der Waals surface area (Å²) in [5.41, 5.74) is 1.32. The number of rotatable bonds is 5. The van der Waals surface area contributed by atoms with Crippen molar-refractivity contribution >= 4 is 62.5 Å². The van der Waals surface area contributed by atoms with Crippen LogP contribution in [0, 0.1) is 0 Å². The van der Waals surface area contributed by atoms with Gasteiger partial charge in [-0.1, -0.05) is 45.7 Å². The van der Waals surface area contributed by atoms with Crippen LogP contribution in [0.2, 0.25) is 5.02 Å². The number of nitrogens with zero attached hydrogens (tertiary/aromatic N) is 1. The minimum atomic E-state index is -1.14. The maximum atomic E-state index is 12.7. The quantitative estimate of drug-likeness (QED) is 0.399. The predicted octanol–water partition coefficient (Wildman–Crippen LogP) is 6.30. The van der Waals surface area contributed by atoms with Crippen molar-refractivity contribution in [1.29, 1.82) is 0 Å². The van der Waals surface area contributed by atoms with Crippen LogP contribution in [0.4, 0.5) is 4.79 Å². The first-order chi connectivity index (χ1) is 14.8. The third kappa shape index (κ3) is 4.46. The van der Waals surface area contributed by atoms with E-state index in [4.69, 9.17) is 16.0 Å². The van der Waals surface area contributed by atoms with Crippen LogP contribution in [0.15, 0.2) is 68.4 Å². The predicted molar refractivity (Wildman–Crippen MR) is 122 cm³/mol. The van der Waals surface area contributed by atoms with Crippen LogP contribution in [-0.2, 0) is 11.3 Å². The van der Waals surface area contributed by atoms with Crippen molar-refractivity contribution in [2.45, 2.75) is 6.54 Å². The van der Waals surface area contributed by atoms with Gasteiger partial charge in [0.2, 0.25) is 0 Å². The van der Waals surface area contributed by atoms with Crippen molar-refractivity contribution in [2.75, 3.05) is 0 Å². The number of carbonyl (C=O) groups excluding carboxylic acids is 2. The van der Waals surface area contributed by atoms with Crippen LogP contribution >= 0.6 is 39.3 Å². The third-order valence-electron chi connectivity index (χ3n) is 4.54. The summed E-state index contributed by atoms with van der Waals surface area (Å²) in [6.45, 7) is 0.162. The summed E-state index contributed by atoms with van der Waals surface area (Å²) >= 11 is 10.2. The molecule has 0 aliphatic carbocycles. The number of halogens is 2. The third-order valence-corrected chi connectivity index (χ3v) is 6.55. The van der Waals surface area contributed by atoms with E-state index in [1.807, 2.05) is 24.3 Å². The van der Waals surface area contributed by atoms with E-state index in [0.29, 0.717) is 17.1 Å². The molecule has 2 heterocycles. The van der Waals surface area contributed by atoms with Gasteiger partial charge in [-0.25, -0.2) is 4.79 Å². The molecule has 1 fully saturated rings. The van der Waals surface area contributed by atoms with E-state index < -0.39 is 11.9 Å². The van der Waals surface area contributed by atoms with Gasteiger partial charge in [-0.2, -0.15) is 0 Å². The van der Waals surface area contributed by atoms with Crippen LogP contribution in [-0.4, -0.2) is 27.1 Å². The lowest BCUT2D eigenvalue weighted by atomic mass is 10.1. The number of benzene rings is 2. The zero-order valence-corrected chi connectivity index (χ0v) is 18.8. The molecule has 1 aliphatic heterocycles. The molecular weight excluding hydrogens is 506 g/mol. The van der Waals surface area contributed by atoms with Crippen molar-refractivity contribution in [3.05, 3.63) is 85.9 Å². The first-order valence-electron chi connectivity index (χ1n) is 8.95. The molecule has 0 spiro atoms. The summed E-state index contributed by atoms with van der Waals surface area (Å²) in [4.78, 5) is 37.8. The molecule has 156 valence electrons. The molecule has 2 aromatic carbocycles. The highest BCUT2D eigenvalue weighted by Gasteiger charge is 2.35. The van der Waals surface area contributed by atoms with Crippen molar-refractivity contribution in [3.63, 3.8) is 0 Å². The van der Waals surface area contributed by atoms with Gasteiger partial charge < -0.3 is 9.52 Å². The molecule has 2 amide bonds. The number of imide groups is 1. The monoisotopic (exact) mass is 517 g/mol. The maximum absolute atomic E-state index is 12.7. The summed E-state index contributed by atoms with van der Waals surface area (Å²) in [7, 11) is 0. The van der Waals surface area contributed by atoms with Gasteiger partial charge in [0, 0.05) is 16.1 Å². The molecule has 1 N–H and O–H groups in total. The SMILES string of the molecule is O=C(O)c1cc(-c2ccc(/C=C3\SC(=O)N(Cc4ccccc4Br)C3=O)o2)ccc1Cl. The van der Waals surface area contributed by atoms with Gasteiger partial charge >= 0.3 is 5.97 Å². The Morgan fingerprint density at radius 1 is 1.16 bits per heavy atom. The van der Waals surface area contributed by atoms with Gasteiger partial charge in [-0.15, -0.1) is 0 Å². The summed E-state index contributed by atoms with van der Waals surface area (Å²) in [5, 5.41) is 9.00. The average Bonchev–Trinajstić information content (AvgIpc) is 3.30. The topological polar surface area (TPSA) is 87.8 Å². The molecule has 31 heavy (non-hydrogen) atoms. The number of hydrogen-bond donors (Lipinski definition) is 1. The van der Waals surface area contributed by atoms with E-state index in [1.165, 1.54) is 23.1 Å². The number of amides is 2. The Morgan fingerprint density at radius 2 is 1.94 bits per heavy atom. The average molecular weight is 519 g/mol. The van der Waals surface area contributed by atoms with Crippen LogP contribution < -0.4 is 0 Å². The van der Waals surface area contributed by atoms with E-state index in [-0.39, 0.29) is 27.3 Å². The van der Waals surface area contributed by atoms with E-state index in [1.54, 1.807) is 18.2 Å². The number of furan rings is 1. The van der Waals surface area contributed by atoms with Crippen molar-refractivity contribution < 1.29 is 23.9 Å². The standard InChI is InChI=1S/C22H13BrClNO5S/c23-16-4-2-1-3-13(16)11-25-20(26)19(31-22(25)29)10-14-6-8-18(30-14)12-5-7-17(24)15(9-12)21(27)28/h1-10H,11H2,(H,27,28)/b19-10-. The van der Waals surface area contributed by atoms with Crippen molar-refractivity contribution in [1.82, 2.24) is 4.90 Å². The number of carbonyl (C=O) groups is 3. The molecule has 0 radical (unpaired) electrons. The first-order valence-corrected chi connectivity index (χ1v) is 10.9. The fraction of sp³-hybridized carbons (Fsp3) is 0.0455. The summed E-state index contributed by atoms with van der Waals surface area (Å²) in [6.07, 6.45) is 1.50. The Balaban J connectivity index is 1.56. The fourth-order valence-electron chi connectivity index (χ4n) is 2.99. The number of carboxylic acid groups (broad SMARTS) is 1. The normalized spacial score (nSPS) is 15.2. The lowest BCUT2D eigenvalue weighted by Crippen LogP contribution is -2.27. The van der Waals surface area contributed by atoms with E-state index in [9.17, 15) is 19.5 Å². The molecule has 1 saturated heterocycles. The maximum Gasteiger partial charge on any atom is 0.337 e. The van der Waals surface area contributed by atoms with Crippen molar-refractivity contribution in [3.8, 4) is 11.3 Å². The summed E-state index contributed by atoms with van der Waals surface area (Å²) in [5.74, 6) is -0.758. The Kier molecular flexibility index (Phi) is 6.04. The van der Waals surface area contributed by atoms with Crippen LogP contribution in [0.3, 0.4) is 0 Å². The van der Waals surface area contributed by atoms with Crippen LogP contribution in [0.25, 0.3) is 17.4 Å². The molecule has 6 nitrogen and oxygen atoms in total. The second kappa shape index (κ2) is 8.74. The number of hydrogen-bond acceptors (Lipinski definition) is 5. The van der Waals surface area contributed by atoms with Gasteiger partial charge in [-0.05, 0) is 53.7 Å². The second-order valence-electron chi connectivity index (χ2n) is 6.56. The molecule has 3 aromatic rings. The highest BCUT2D eigenvalue weighted by atomic mass is 79.9. The minimum Gasteiger partial charge on any atom is -0.478 e. The Labute approximate surface area is 194 Å². The summed E-state index contributed by atoms with van der Waals surface area (Å²) < 4.78 is 6.56.